The van der Waals surface area contributed by atoms with Gasteiger partial charge in [-0.15, -0.1) is 0 Å². The topological polar surface area (TPSA) is 63.4 Å². The van der Waals surface area contributed by atoms with E-state index in [1.807, 2.05) is 18.7 Å². The largest absolute Gasteiger partial charge is 0.399 e. The van der Waals surface area contributed by atoms with E-state index in [0.29, 0.717) is 23.7 Å². The van der Waals surface area contributed by atoms with Gasteiger partial charge in [0.2, 0.25) is 10.0 Å². The number of nitrogens with zero attached hydrogens (tertiary/aromatic N) is 1. The molecule has 0 unspecified atom stereocenters. The molecule has 112 valence electrons. The van der Waals surface area contributed by atoms with Crippen molar-refractivity contribution in [3.63, 3.8) is 0 Å². The van der Waals surface area contributed by atoms with Crippen LogP contribution >= 0.6 is 11.8 Å². The first-order valence-corrected chi connectivity index (χ1v) is 9.15. The Labute approximate surface area is 125 Å². The SMILES string of the molecule is Cc1cc(S(=O)(=O)N2CCSC(C)(C)CC2)ccc1N. The summed E-state index contributed by atoms with van der Waals surface area (Å²) in [5.74, 6) is 0.834. The Morgan fingerprint density at radius 1 is 1.30 bits per heavy atom. The number of nitrogen functional groups attached to an aromatic ring is 1. The van der Waals surface area contributed by atoms with E-state index < -0.39 is 10.0 Å². The Morgan fingerprint density at radius 2 is 2.00 bits per heavy atom. The summed E-state index contributed by atoms with van der Waals surface area (Å²) in [5, 5.41) is 0. The van der Waals surface area contributed by atoms with Gasteiger partial charge in [-0.25, -0.2) is 8.42 Å². The van der Waals surface area contributed by atoms with Crippen molar-refractivity contribution in [2.75, 3.05) is 24.6 Å². The van der Waals surface area contributed by atoms with E-state index in [9.17, 15) is 8.42 Å². The molecule has 1 aromatic carbocycles. The standard InChI is InChI=1S/C14H22N2O2S2/c1-11-10-12(4-5-13(11)15)20(17,18)16-7-6-14(2,3)19-9-8-16/h4-5,10H,6-9,15H2,1-3H3. The molecule has 1 saturated heterocycles. The Hall–Kier alpha value is -0.720. The van der Waals surface area contributed by atoms with Crippen molar-refractivity contribution in [2.24, 2.45) is 0 Å². The lowest BCUT2D eigenvalue weighted by Crippen LogP contribution is -2.33. The van der Waals surface area contributed by atoms with Crippen LogP contribution in [0.25, 0.3) is 0 Å². The van der Waals surface area contributed by atoms with Crippen LogP contribution in [0.5, 0.6) is 0 Å². The van der Waals surface area contributed by atoms with Crippen molar-refractivity contribution in [2.45, 2.75) is 36.8 Å². The lowest BCUT2D eigenvalue weighted by Gasteiger charge is -2.22. The molecule has 2 rings (SSSR count). The molecule has 4 nitrogen and oxygen atoms in total. The van der Waals surface area contributed by atoms with Crippen molar-refractivity contribution in [1.29, 1.82) is 0 Å². The fraction of sp³-hybridized carbons (Fsp3) is 0.571. The van der Waals surface area contributed by atoms with Crippen LogP contribution in [0, 0.1) is 6.92 Å². The molecule has 1 fully saturated rings. The summed E-state index contributed by atoms with van der Waals surface area (Å²) in [5.41, 5.74) is 7.18. The summed E-state index contributed by atoms with van der Waals surface area (Å²) >= 11 is 1.84. The maximum absolute atomic E-state index is 12.7. The van der Waals surface area contributed by atoms with E-state index in [2.05, 4.69) is 13.8 Å². The highest BCUT2D eigenvalue weighted by atomic mass is 32.2. The minimum Gasteiger partial charge on any atom is -0.399 e. The summed E-state index contributed by atoms with van der Waals surface area (Å²) in [6.07, 6.45) is 0.866. The number of hydrogen-bond donors (Lipinski definition) is 1. The smallest absolute Gasteiger partial charge is 0.243 e. The third-order valence-corrected chi connectivity index (χ3v) is 6.94. The minimum absolute atomic E-state index is 0.140. The molecule has 20 heavy (non-hydrogen) atoms. The molecule has 0 radical (unpaired) electrons. The van der Waals surface area contributed by atoms with E-state index >= 15 is 0 Å². The highest BCUT2D eigenvalue weighted by Gasteiger charge is 2.30. The fourth-order valence-corrected chi connectivity index (χ4v) is 4.94. The van der Waals surface area contributed by atoms with Crippen LogP contribution < -0.4 is 5.73 Å². The van der Waals surface area contributed by atoms with Gasteiger partial charge >= 0.3 is 0 Å². The minimum atomic E-state index is -3.41. The first-order chi connectivity index (χ1) is 9.22. The Morgan fingerprint density at radius 3 is 2.65 bits per heavy atom. The Balaban J connectivity index is 2.28. The van der Waals surface area contributed by atoms with Gasteiger partial charge in [-0.1, -0.05) is 13.8 Å². The zero-order valence-electron chi connectivity index (χ0n) is 12.2. The monoisotopic (exact) mass is 314 g/mol. The van der Waals surface area contributed by atoms with Crippen molar-refractivity contribution in [3.05, 3.63) is 23.8 Å². The molecule has 0 spiro atoms. The molecule has 0 bridgehead atoms. The maximum atomic E-state index is 12.7. The molecule has 0 saturated carbocycles. The van der Waals surface area contributed by atoms with Crippen LogP contribution in [-0.2, 0) is 10.0 Å². The molecule has 2 N–H and O–H groups in total. The van der Waals surface area contributed by atoms with E-state index in [1.165, 1.54) is 0 Å². The van der Waals surface area contributed by atoms with Crippen molar-refractivity contribution >= 4 is 27.5 Å². The molecule has 0 amide bonds. The van der Waals surface area contributed by atoms with Gasteiger partial charge in [0, 0.05) is 29.3 Å². The predicted molar refractivity (Wildman–Crippen MR) is 85.5 cm³/mol. The molecule has 0 atom stereocenters. The zero-order chi connectivity index (χ0) is 15.0. The highest BCUT2D eigenvalue weighted by molar-refractivity contribution is 8.00. The van der Waals surface area contributed by atoms with Crippen molar-refractivity contribution in [3.8, 4) is 0 Å². The number of aryl methyl sites for hydroxylation is 1. The second-order valence-electron chi connectivity index (χ2n) is 5.78. The lowest BCUT2D eigenvalue weighted by atomic mass is 10.1. The third kappa shape index (κ3) is 3.30. The fourth-order valence-electron chi connectivity index (χ4n) is 2.20. The molecule has 1 aliphatic rings. The number of thioether (sulfide) groups is 1. The first kappa shape index (κ1) is 15.7. The van der Waals surface area contributed by atoms with Crippen LogP contribution in [-0.4, -0.2) is 36.3 Å². The van der Waals surface area contributed by atoms with Gasteiger partial charge in [0.05, 0.1) is 4.90 Å². The predicted octanol–water partition coefficient (Wildman–Crippen LogP) is 2.48. The number of anilines is 1. The quantitative estimate of drug-likeness (QED) is 0.852. The van der Waals surface area contributed by atoms with E-state index in [-0.39, 0.29) is 4.75 Å². The number of benzene rings is 1. The molecule has 1 aromatic rings. The molecule has 0 aromatic heterocycles. The lowest BCUT2D eigenvalue weighted by molar-refractivity contribution is 0.415. The van der Waals surface area contributed by atoms with E-state index in [1.54, 1.807) is 22.5 Å². The zero-order valence-corrected chi connectivity index (χ0v) is 13.9. The Bertz CT molecular complexity index is 597. The molecular weight excluding hydrogens is 292 g/mol. The molecule has 0 aliphatic carbocycles. The van der Waals surface area contributed by atoms with Gasteiger partial charge in [0.15, 0.2) is 0 Å². The summed E-state index contributed by atoms with van der Waals surface area (Å²) < 4.78 is 27.1. The van der Waals surface area contributed by atoms with E-state index in [0.717, 1.165) is 17.7 Å². The van der Waals surface area contributed by atoms with Gasteiger partial charge in [-0.05, 0) is 37.1 Å². The second-order valence-corrected chi connectivity index (χ2v) is 9.52. The summed E-state index contributed by atoms with van der Waals surface area (Å²) in [6.45, 7) is 7.31. The highest BCUT2D eigenvalue weighted by Crippen LogP contribution is 2.32. The third-order valence-electron chi connectivity index (χ3n) is 3.68. The average molecular weight is 314 g/mol. The summed E-state index contributed by atoms with van der Waals surface area (Å²) in [6, 6.07) is 4.92. The van der Waals surface area contributed by atoms with Crippen LogP contribution in [0.2, 0.25) is 0 Å². The summed E-state index contributed by atoms with van der Waals surface area (Å²) in [4.78, 5) is 0.342. The number of sulfonamides is 1. The second kappa shape index (κ2) is 5.58. The van der Waals surface area contributed by atoms with Crippen LogP contribution in [0.1, 0.15) is 25.8 Å². The maximum Gasteiger partial charge on any atom is 0.243 e. The van der Waals surface area contributed by atoms with Crippen LogP contribution in [0.3, 0.4) is 0 Å². The number of hydrogen-bond acceptors (Lipinski definition) is 4. The molecule has 1 heterocycles. The van der Waals surface area contributed by atoms with Gasteiger partial charge in [0.25, 0.3) is 0 Å². The van der Waals surface area contributed by atoms with Crippen molar-refractivity contribution in [1.82, 2.24) is 4.31 Å². The number of nitrogens with two attached hydrogens (primary N) is 1. The average Bonchev–Trinajstić information content (AvgIpc) is 2.54. The van der Waals surface area contributed by atoms with Crippen LogP contribution in [0.4, 0.5) is 5.69 Å². The normalized spacial score (nSPS) is 20.6. The van der Waals surface area contributed by atoms with Gasteiger partial charge in [-0.3, -0.25) is 0 Å². The summed E-state index contributed by atoms with van der Waals surface area (Å²) in [7, 11) is -3.41. The van der Waals surface area contributed by atoms with Crippen LogP contribution in [0.15, 0.2) is 23.1 Å². The molecular formula is C14H22N2O2S2. The number of rotatable bonds is 2. The molecule has 1 aliphatic heterocycles. The van der Waals surface area contributed by atoms with Gasteiger partial charge in [-0.2, -0.15) is 16.1 Å². The van der Waals surface area contributed by atoms with Gasteiger partial charge < -0.3 is 5.73 Å². The molecule has 6 heteroatoms. The first-order valence-electron chi connectivity index (χ1n) is 6.73. The van der Waals surface area contributed by atoms with E-state index in [4.69, 9.17) is 5.73 Å². The Kier molecular flexibility index (Phi) is 4.37. The van der Waals surface area contributed by atoms with Crippen molar-refractivity contribution < 1.29 is 8.42 Å². The van der Waals surface area contributed by atoms with Gasteiger partial charge in [0.1, 0.15) is 0 Å².